The zero-order valence-electron chi connectivity index (χ0n) is 22.9. The Balaban J connectivity index is 1.50. The number of halogens is 8. The smallest absolute Gasteiger partial charge is 0.435 e. The van der Waals surface area contributed by atoms with Crippen molar-refractivity contribution in [3.63, 3.8) is 0 Å². The number of amides is 1. The van der Waals surface area contributed by atoms with Gasteiger partial charge in [-0.05, 0) is 67.5 Å². The van der Waals surface area contributed by atoms with E-state index < -0.39 is 62.4 Å². The van der Waals surface area contributed by atoms with Crippen molar-refractivity contribution in [2.24, 2.45) is 5.92 Å². The Morgan fingerprint density at radius 2 is 1.57 bits per heavy atom. The lowest BCUT2D eigenvalue weighted by molar-refractivity contribution is -0.348. The fourth-order valence-corrected chi connectivity index (χ4v) is 9.40. The molecule has 2 aliphatic carbocycles. The lowest BCUT2D eigenvalue weighted by Crippen LogP contribution is -2.51. The minimum Gasteiger partial charge on any atom is -0.468 e. The van der Waals surface area contributed by atoms with Crippen LogP contribution in [0.15, 0.2) is 58.0 Å². The summed E-state index contributed by atoms with van der Waals surface area (Å²) in [6.07, 6.45) is -8.68. The summed E-state index contributed by atoms with van der Waals surface area (Å²) in [4.78, 5) is 14.8. The van der Waals surface area contributed by atoms with Crippen LogP contribution in [-0.2, 0) is 39.5 Å². The fraction of sp³-hybridized carbons (Fsp3) is 0.433. The number of furan rings is 1. The summed E-state index contributed by atoms with van der Waals surface area (Å²) in [5, 5.41) is 0. The van der Waals surface area contributed by atoms with E-state index >= 15 is 4.39 Å². The molecule has 1 fully saturated rings. The second-order valence-corrected chi connectivity index (χ2v) is 13.8. The molecule has 1 aromatic heterocycles. The van der Waals surface area contributed by atoms with Crippen molar-refractivity contribution in [3.05, 3.63) is 88.1 Å². The molecule has 3 aromatic rings. The van der Waals surface area contributed by atoms with Crippen molar-refractivity contribution in [2.75, 3.05) is 13.1 Å². The molecule has 2 heterocycles. The molecule has 0 N–H and O–H groups in total. The van der Waals surface area contributed by atoms with E-state index in [-0.39, 0.29) is 41.0 Å². The number of benzene rings is 2. The third kappa shape index (κ3) is 4.30. The summed E-state index contributed by atoms with van der Waals surface area (Å²) in [5.74, 6) is -1.43. The number of carbonyl (C=O) groups is 1. The number of aryl methyl sites for hydroxylation is 2. The largest absolute Gasteiger partial charge is 0.468 e. The van der Waals surface area contributed by atoms with Crippen LogP contribution >= 0.6 is 0 Å². The Morgan fingerprint density at radius 1 is 0.909 bits per heavy atom. The molecule has 2 aromatic carbocycles. The summed E-state index contributed by atoms with van der Waals surface area (Å²) in [5.41, 5.74) is -6.78. The van der Waals surface area contributed by atoms with E-state index in [1.54, 1.807) is 0 Å². The molecular weight excluding hydrogens is 622 g/mol. The first kappa shape index (κ1) is 30.6. The highest BCUT2D eigenvalue weighted by molar-refractivity contribution is 7.92. The highest BCUT2D eigenvalue weighted by Crippen LogP contribution is 2.56. The van der Waals surface area contributed by atoms with E-state index in [2.05, 4.69) is 0 Å². The Labute approximate surface area is 246 Å². The molecule has 6 rings (SSSR count). The molecule has 14 heteroatoms. The quantitative estimate of drug-likeness (QED) is 0.227. The first-order valence-electron chi connectivity index (χ1n) is 13.9. The van der Waals surface area contributed by atoms with E-state index in [0.717, 1.165) is 48.7 Å². The Hall–Kier alpha value is -3.42. The monoisotopic (exact) mass is 647 g/mol. The van der Waals surface area contributed by atoms with Crippen LogP contribution in [0.2, 0.25) is 0 Å². The van der Waals surface area contributed by atoms with Crippen molar-refractivity contribution >= 4 is 15.7 Å². The Kier molecular flexibility index (Phi) is 6.99. The molecule has 0 radical (unpaired) electrons. The molecule has 1 aliphatic heterocycles. The van der Waals surface area contributed by atoms with Gasteiger partial charge in [-0.25, -0.2) is 17.2 Å². The minimum absolute atomic E-state index is 0.0402. The predicted octanol–water partition coefficient (Wildman–Crippen LogP) is 6.97. The van der Waals surface area contributed by atoms with Crippen molar-refractivity contribution in [1.82, 2.24) is 4.90 Å². The molecule has 2 atom stereocenters. The lowest BCUT2D eigenvalue weighted by atomic mass is 9.75. The molecule has 236 valence electrons. The molecule has 5 nitrogen and oxygen atoms in total. The van der Waals surface area contributed by atoms with Gasteiger partial charge >= 0.3 is 18.0 Å². The third-order valence-corrected chi connectivity index (χ3v) is 11.7. The molecular formula is C30H25F8NO4S. The van der Waals surface area contributed by atoms with Crippen molar-refractivity contribution in [3.8, 4) is 0 Å². The van der Waals surface area contributed by atoms with Gasteiger partial charge in [0.1, 0.15) is 22.6 Å². The fourth-order valence-electron chi connectivity index (χ4n) is 7.04. The number of rotatable bonds is 4. The standard InChI is InChI=1S/C30H25F8NO4S/c31-20-8-10-21(11-9-20)44(41,42)27-16-39(26(40)23-15-43-25-4-2-1-3-22(23)25)14-19(27)6-5-17-13-18(7-12-24(17)27)28(32,29(33,34)35)30(36,37)38/h7-13,15,19H,1-6,14,16H2. The number of alkyl halides is 7. The van der Waals surface area contributed by atoms with E-state index in [0.29, 0.717) is 30.7 Å². The second kappa shape index (κ2) is 10.0. The highest BCUT2D eigenvalue weighted by Gasteiger charge is 2.73. The van der Waals surface area contributed by atoms with Crippen LogP contribution < -0.4 is 0 Å². The van der Waals surface area contributed by atoms with Crippen LogP contribution in [0.3, 0.4) is 0 Å². The number of carbonyl (C=O) groups excluding carboxylic acids is 1. The first-order valence-corrected chi connectivity index (χ1v) is 15.4. The predicted molar refractivity (Wildman–Crippen MR) is 140 cm³/mol. The van der Waals surface area contributed by atoms with Gasteiger partial charge in [-0.15, -0.1) is 0 Å². The van der Waals surface area contributed by atoms with E-state index in [1.807, 2.05) is 0 Å². The normalized spacial score (nSPS) is 22.4. The highest BCUT2D eigenvalue weighted by atomic mass is 32.2. The van der Waals surface area contributed by atoms with Crippen LogP contribution in [0.5, 0.6) is 0 Å². The zero-order valence-corrected chi connectivity index (χ0v) is 23.7. The van der Waals surface area contributed by atoms with Gasteiger partial charge in [0.15, 0.2) is 9.84 Å². The molecule has 2 unspecified atom stereocenters. The average molecular weight is 648 g/mol. The number of sulfone groups is 1. The Bertz CT molecular complexity index is 1710. The van der Waals surface area contributed by atoms with Gasteiger partial charge in [-0.3, -0.25) is 4.79 Å². The van der Waals surface area contributed by atoms with Crippen molar-refractivity contribution < 1.29 is 52.8 Å². The Morgan fingerprint density at radius 3 is 2.23 bits per heavy atom. The number of nitrogens with zero attached hydrogens (tertiary/aromatic N) is 1. The third-order valence-electron chi connectivity index (χ3n) is 9.21. The van der Waals surface area contributed by atoms with Gasteiger partial charge < -0.3 is 9.32 Å². The van der Waals surface area contributed by atoms with E-state index in [4.69, 9.17) is 4.42 Å². The molecule has 0 spiro atoms. The second-order valence-electron chi connectivity index (χ2n) is 11.6. The SMILES string of the molecule is O=C(c1coc2c1CCCC2)N1CC2CCc3cc(C(F)(C(F)(F)F)C(F)(F)F)ccc3C2(S(=O)(=O)c2ccc(F)cc2)C1. The van der Waals surface area contributed by atoms with Crippen LogP contribution in [0, 0.1) is 11.7 Å². The van der Waals surface area contributed by atoms with Crippen LogP contribution in [0.4, 0.5) is 35.1 Å². The molecule has 0 bridgehead atoms. The number of likely N-dealkylation sites (tertiary alicyclic amines) is 1. The van der Waals surface area contributed by atoms with Gasteiger partial charge in [0, 0.05) is 36.6 Å². The average Bonchev–Trinajstić information content (AvgIpc) is 3.58. The van der Waals surface area contributed by atoms with Crippen molar-refractivity contribution in [1.29, 1.82) is 0 Å². The van der Waals surface area contributed by atoms with Crippen LogP contribution in [0.25, 0.3) is 0 Å². The maximum atomic E-state index is 15.0. The van der Waals surface area contributed by atoms with Gasteiger partial charge in [-0.1, -0.05) is 18.2 Å². The number of hydrogen-bond donors (Lipinski definition) is 0. The van der Waals surface area contributed by atoms with Gasteiger partial charge in [0.05, 0.1) is 10.5 Å². The van der Waals surface area contributed by atoms with E-state index in [9.17, 15) is 43.9 Å². The summed E-state index contributed by atoms with van der Waals surface area (Å²) < 4.78 is 143. The van der Waals surface area contributed by atoms with Gasteiger partial charge in [-0.2, -0.15) is 26.3 Å². The summed E-state index contributed by atoms with van der Waals surface area (Å²) in [6.45, 7) is -0.569. The van der Waals surface area contributed by atoms with Crippen LogP contribution in [-0.4, -0.2) is 44.7 Å². The zero-order chi connectivity index (χ0) is 31.9. The molecule has 0 saturated carbocycles. The number of fused-ring (bicyclic) bond motifs is 4. The maximum Gasteiger partial charge on any atom is 0.435 e. The molecule has 1 amide bonds. The van der Waals surface area contributed by atoms with Gasteiger partial charge in [0.2, 0.25) is 0 Å². The summed E-state index contributed by atoms with van der Waals surface area (Å²) in [6, 6.07) is 5.35. The number of hydrogen-bond acceptors (Lipinski definition) is 4. The lowest BCUT2D eigenvalue weighted by Gasteiger charge is -2.40. The summed E-state index contributed by atoms with van der Waals surface area (Å²) >= 11 is 0. The van der Waals surface area contributed by atoms with Crippen molar-refractivity contribution in [2.45, 2.75) is 66.2 Å². The van der Waals surface area contributed by atoms with Gasteiger partial charge in [0.25, 0.3) is 5.91 Å². The van der Waals surface area contributed by atoms with Crippen LogP contribution in [0.1, 0.15) is 57.6 Å². The molecule has 1 saturated heterocycles. The van der Waals surface area contributed by atoms with E-state index in [1.165, 1.54) is 11.2 Å². The summed E-state index contributed by atoms with van der Waals surface area (Å²) in [7, 11) is -4.57. The molecule has 3 aliphatic rings. The molecule has 44 heavy (non-hydrogen) atoms. The first-order chi connectivity index (χ1) is 20.5. The minimum atomic E-state index is -6.35. The topological polar surface area (TPSA) is 67.6 Å². The maximum absolute atomic E-state index is 15.0.